The molecule has 0 saturated heterocycles. The Morgan fingerprint density at radius 3 is 2.47 bits per heavy atom. The van der Waals surface area contributed by atoms with Gasteiger partial charge in [0.05, 0.1) is 5.60 Å². The SMILES string of the molecule is Oc1ccc(C(CCl)C2(O)C=CC=CC2)cc1. The quantitative estimate of drug-likeness (QED) is 0.810. The van der Waals surface area contributed by atoms with Crippen molar-refractivity contribution in [3.05, 3.63) is 54.1 Å². The van der Waals surface area contributed by atoms with E-state index in [1.54, 1.807) is 30.3 Å². The zero-order valence-corrected chi connectivity index (χ0v) is 10.1. The molecule has 0 aliphatic heterocycles. The van der Waals surface area contributed by atoms with E-state index in [0.29, 0.717) is 12.3 Å². The van der Waals surface area contributed by atoms with Crippen LogP contribution in [0.2, 0.25) is 0 Å². The number of allylic oxidation sites excluding steroid dienone is 2. The van der Waals surface area contributed by atoms with E-state index in [1.165, 1.54) is 0 Å². The lowest BCUT2D eigenvalue weighted by molar-refractivity contribution is 0.0695. The molecule has 1 aliphatic rings. The lowest BCUT2D eigenvalue weighted by atomic mass is 9.79. The molecule has 1 aromatic carbocycles. The van der Waals surface area contributed by atoms with Crippen LogP contribution < -0.4 is 0 Å². The van der Waals surface area contributed by atoms with Gasteiger partial charge in [-0.05, 0) is 24.1 Å². The summed E-state index contributed by atoms with van der Waals surface area (Å²) in [6.45, 7) is 0. The highest BCUT2D eigenvalue weighted by Crippen LogP contribution is 2.35. The molecular formula is C14H15ClO2. The highest BCUT2D eigenvalue weighted by atomic mass is 35.5. The fraction of sp³-hybridized carbons (Fsp3) is 0.286. The molecule has 0 amide bonds. The van der Waals surface area contributed by atoms with Crippen molar-refractivity contribution in [2.45, 2.75) is 17.9 Å². The van der Waals surface area contributed by atoms with E-state index in [-0.39, 0.29) is 11.7 Å². The van der Waals surface area contributed by atoms with Crippen LogP contribution in [0.4, 0.5) is 0 Å². The van der Waals surface area contributed by atoms with Crippen LogP contribution in [0.5, 0.6) is 5.75 Å². The van der Waals surface area contributed by atoms with Crippen molar-refractivity contribution in [3.8, 4) is 5.75 Å². The zero-order valence-electron chi connectivity index (χ0n) is 9.38. The summed E-state index contributed by atoms with van der Waals surface area (Å²) in [6, 6.07) is 6.82. The number of hydrogen-bond donors (Lipinski definition) is 2. The smallest absolute Gasteiger partial charge is 0.115 e. The highest BCUT2D eigenvalue weighted by molar-refractivity contribution is 6.18. The number of aliphatic hydroxyl groups is 1. The van der Waals surface area contributed by atoms with Gasteiger partial charge in [0.2, 0.25) is 0 Å². The van der Waals surface area contributed by atoms with Gasteiger partial charge in [0.15, 0.2) is 0 Å². The molecule has 0 fully saturated rings. The maximum atomic E-state index is 10.6. The molecule has 3 heteroatoms. The number of phenolic OH excluding ortho intramolecular Hbond substituents is 1. The Kier molecular flexibility index (Phi) is 3.55. The Hall–Kier alpha value is -1.25. The second kappa shape index (κ2) is 4.94. The Labute approximate surface area is 106 Å². The van der Waals surface area contributed by atoms with Crippen LogP contribution in [0.1, 0.15) is 17.9 Å². The fourth-order valence-electron chi connectivity index (χ4n) is 2.10. The maximum Gasteiger partial charge on any atom is 0.115 e. The molecule has 0 spiro atoms. The lowest BCUT2D eigenvalue weighted by Crippen LogP contribution is -2.35. The molecule has 0 heterocycles. The van der Waals surface area contributed by atoms with Crippen LogP contribution in [-0.4, -0.2) is 21.7 Å². The van der Waals surface area contributed by atoms with Crippen molar-refractivity contribution >= 4 is 11.6 Å². The van der Waals surface area contributed by atoms with Crippen LogP contribution in [-0.2, 0) is 0 Å². The molecule has 2 N–H and O–H groups in total. The molecule has 0 saturated carbocycles. The van der Waals surface area contributed by atoms with Gasteiger partial charge in [-0.3, -0.25) is 0 Å². The number of benzene rings is 1. The van der Waals surface area contributed by atoms with Crippen LogP contribution in [0.3, 0.4) is 0 Å². The van der Waals surface area contributed by atoms with Crippen molar-refractivity contribution in [2.75, 3.05) is 5.88 Å². The van der Waals surface area contributed by atoms with Crippen molar-refractivity contribution < 1.29 is 10.2 Å². The highest BCUT2D eigenvalue weighted by Gasteiger charge is 2.34. The summed E-state index contributed by atoms with van der Waals surface area (Å²) >= 11 is 5.98. The first-order chi connectivity index (χ1) is 8.15. The van der Waals surface area contributed by atoms with E-state index in [0.717, 1.165) is 5.56 Å². The first-order valence-electron chi connectivity index (χ1n) is 5.57. The Bertz CT molecular complexity index is 436. The first kappa shape index (κ1) is 12.2. The van der Waals surface area contributed by atoms with Gasteiger partial charge in [-0.2, -0.15) is 0 Å². The summed E-state index contributed by atoms with van der Waals surface area (Å²) in [5.74, 6) is 0.374. The number of phenols is 1. The average Bonchev–Trinajstić information content (AvgIpc) is 2.33. The molecule has 1 aliphatic carbocycles. The number of aromatic hydroxyl groups is 1. The van der Waals surface area contributed by atoms with Gasteiger partial charge in [0, 0.05) is 11.8 Å². The molecular weight excluding hydrogens is 236 g/mol. The standard InChI is InChI=1S/C14H15ClO2/c15-10-13(11-4-6-12(16)7-5-11)14(17)8-2-1-3-9-14/h1-8,13,16-17H,9-10H2. The van der Waals surface area contributed by atoms with Crippen LogP contribution in [0.15, 0.2) is 48.6 Å². The molecule has 0 bridgehead atoms. The third-order valence-corrected chi connectivity index (χ3v) is 3.44. The predicted molar refractivity (Wildman–Crippen MR) is 69.4 cm³/mol. The Balaban J connectivity index is 2.30. The summed E-state index contributed by atoms with van der Waals surface area (Å²) in [5, 5.41) is 19.8. The topological polar surface area (TPSA) is 40.5 Å². The van der Waals surface area contributed by atoms with Crippen LogP contribution in [0, 0.1) is 0 Å². The molecule has 0 aromatic heterocycles. The third-order valence-electron chi connectivity index (χ3n) is 3.13. The number of rotatable bonds is 3. The maximum absolute atomic E-state index is 10.6. The molecule has 2 rings (SSSR count). The second-order valence-electron chi connectivity index (χ2n) is 4.28. The van der Waals surface area contributed by atoms with Gasteiger partial charge in [0.1, 0.15) is 5.75 Å². The summed E-state index contributed by atoms with van der Waals surface area (Å²) in [7, 11) is 0. The lowest BCUT2D eigenvalue weighted by Gasteiger charge is -2.33. The van der Waals surface area contributed by atoms with Crippen molar-refractivity contribution in [3.63, 3.8) is 0 Å². The van der Waals surface area contributed by atoms with E-state index in [9.17, 15) is 10.2 Å². The molecule has 2 nitrogen and oxygen atoms in total. The molecule has 2 atom stereocenters. The van der Waals surface area contributed by atoms with E-state index in [4.69, 9.17) is 11.6 Å². The molecule has 17 heavy (non-hydrogen) atoms. The van der Waals surface area contributed by atoms with Gasteiger partial charge in [-0.1, -0.05) is 36.4 Å². The minimum Gasteiger partial charge on any atom is -0.508 e. The Morgan fingerprint density at radius 1 is 1.24 bits per heavy atom. The largest absolute Gasteiger partial charge is 0.508 e. The van der Waals surface area contributed by atoms with Gasteiger partial charge in [-0.25, -0.2) is 0 Å². The first-order valence-corrected chi connectivity index (χ1v) is 6.11. The van der Waals surface area contributed by atoms with E-state index < -0.39 is 5.60 Å². The third kappa shape index (κ3) is 2.54. The monoisotopic (exact) mass is 250 g/mol. The van der Waals surface area contributed by atoms with Crippen LogP contribution >= 0.6 is 11.6 Å². The number of alkyl halides is 1. The average molecular weight is 251 g/mol. The molecule has 90 valence electrons. The Morgan fingerprint density at radius 2 is 1.94 bits per heavy atom. The summed E-state index contributed by atoms with van der Waals surface area (Å²) < 4.78 is 0. The zero-order chi connectivity index (χ0) is 12.3. The summed E-state index contributed by atoms with van der Waals surface area (Å²) in [4.78, 5) is 0. The number of hydrogen-bond acceptors (Lipinski definition) is 2. The van der Waals surface area contributed by atoms with E-state index in [2.05, 4.69) is 0 Å². The van der Waals surface area contributed by atoms with E-state index in [1.807, 2.05) is 18.2 Å². The van der Waals surface area contributed by atoms with Gasteiger partial charge in [-0.15, -0.1) is 11.6 Å². The van der Waals surface area contributed by atoms with Crippen molar-refractivity contribution in [2.24, 2.45) is 0 Å². The van der Waals surface area contributed by atoms with Gasteiger partial charge in [0.25, 0.3) is 0 Å². The van der Waals surface area contributed by atoms with Crippen molar-refractivity contribution in [1.29, 1.82) is 0 Å². The molecule has 2 unspecified atom stereocenters. The minimum absolute atomic E-state index is 0.175. The summed E-state index contributed by atoms with van der Waals surface area (Å²) in [6.07, 6.45) is 8.02. The predicted octanol–water partition coefficient (Wildman–Crippen LogP) is 2.96. The fourth-order valence-corrected chi connectivity index (χ4v) is 2.55. The summed E-state index contributed by atoms with van der Waals surface area (Å²) in [5.41, 5.74) is -0.00624. The molecule has 0 radical (unpaired) electrons. The number of halogens is 1. The second-order valence-corrected chi connectivity index (χ2v) is 4.59. The van der Waals surface area contributed by atoms with Crippen LogP contribution in [0.25, 0.3) is 0 Å². The van der Waals surface area contributed by atoms with Gasteiger partial charge >= 0.3 is 0 Å². The van der Waals surface area contributed by atoms with Crippen molar-refractivity contribution in [1.82, 2.24) is 0 Å². The minimum atomic E-state index is -0.937. The van der Waals surface area contributed by atoms with Gasteiger partial charge < -0.3 is 10.2 Å². The normalized spacial score (nSPS) is 24.8. The molecule has 1 aromatic rings. The van der Waals surface area contributed by atoms with E-state index >= 15 is 0 Å².